The smallest absolute Gasteiger partial charge is 0.107 e. The summed E-state index contributed by atoms with van der Waals surface area (Å²) in [4.78, 5) is 2.25. The van der Waals surface area contributed by atoms with Gasteiger partial charge in [0, 0.05) is 26.2 Å². The average Bonchev–Trinajstić information content (AvgIpc) is 3.03. The summed E-state index contributed by atoms with van der Waals surface area (Å²) in [5, 5.41) is 10.2. The lowest BCUT2D eigenvalue weighted by molar-refractivity contribution is 0.00950. The number of hydrogen-bond acceptors (Lipinski definition) is 4. The van der Waals surface area contributed by atoms with Gasteiger partial charge in [0.05, 0.1) is 18.8 Å². The van der Waals surface area contributed by atoms with Gasteiger partial charge in [-0.15, -0.1) is 6.42 Å². The van der Waals surface area contributed by atoms with Gasteiger partial charge in [0.25, 0.3) is 0 Å². The molecule has 126 valence electrons. The third-order valence-corrected chi connectivity index (χ3v) is 4.11. The predicted molar refractivity (Wildman–Crippen MR) is 91.1 cm³/mol. The maximum Gasteiger partial charge on any atom is 0.107 e. The van der Waals surface area contributed by atoms with E-state index in [2.05, 4.69) is 35.9 Å². The first kappa shape index (κ1) is 18.0. The minimum Gasteiger partial charge on any atom is -0.389 e. The van der Waals surface area contributed by atoms with Crippen LogP contribution >= 0.6 is 0 Å². The molecule has 2 rings (SSSR count). The molecule has 0 aromatic heterocycles. The summed E-state index contributed by atoms with van der Waals surface area (Å²) in [6, 6.07) is 8.36. The first-order valence-electron chi connectivity index (χ1n) is 8.26. The van der Waals surface area contributed by atoms with Gasteiger partial charge in [-0.25, -0.2) is 0 Å². The van der Waals surface area contributed by atoms with Crippen molar-refractivity contribution in [2.24, 2.45) is 0 Å². The van der Waals surface area contributed by atoms with E-state index in [9.17, 15) is 5.11 Å². The average molecular weight is 317 g/mol. The van der Waals surface area contributed by atoms with Gasteiger partial charge < -0.3 is 14.6 Å². The van der Waals surface area contributed by atoms with Gasteiger partial charge in [0.2, 0.25) is 0 Å². The van der Waals surface area contributed by atoms with E-state index in [1.54, 1.807) is 0 Å². The first-order valence-corrected chi connectivity index (χ1v) is 8.26. The van der Waals surface area contributed by atoms with Crippen LogP contribution in [0.15, 0.2) is 24.3 Å². The lowest BCUT2D eigenvalue weighted by Gasteiger charge is -2.28. The zero-order chi connectivity index (χ0) is 16.5. The fraction of sp³-hybridized carbons (Fsp3) is 0.579. The molecule has 1 N–H and O–H groups in total. The molecule has 1 aliphatic heterocycles. The summed E-state index contributed by atoms with van der Waals surface area (Å²) in [6.45, 7) is 5.65. The summed E-state index contributed by atoms with van der Waals surface area (Å²) in [5.41, 5.74) is 2.55. The number of nitrogens with zero attached hydrogens (tertiary/aromatic N) is 1. The molecule has 1 aromatic carbocycles. The van der Waals surface area contributed by atoms with E-state index in [4.69, 9.17) is 15.9 Å². The third-order valence-electron chi connectivity index (χ3n) is 4.11. The summed E-state index contributed by atoms with van der Waals surface area (Å²) in [6.07, 6.45) is 7.09. The van der Waals surface area contributed by atoms with Crippen LogP contribution in [-0.4, -0.2) is 55.1 Å². The fourth-order valence-corrected chi connectivity index (χ4v) is 2.91. The molecule has 23 heavy (non-hydrogen) atoms. The van der Waals surface area contributed by atoms with Crippen LogP contribution in [0.5, 0.6) is 0 Å². The maximum atomic E-state index is 10.2. The van der Waals surface area contributed by atoms with Gasteiger partial charge in [0.1, 0.15) is 6.61 Å². The Morgan fingerprint density at radius 2 is 2.30 bits per heavy atom. The van der Waals surface area contributed by atoms with E-state index in [0.29, 0.717) is 6.54 Å². The molecule has 1 aromatic rings. The molecule has 0 spiro atoms. The van der Waals surface area contributed by atoms with Crippen LogP contribution in [0.3, 0.4) is 0 Å². The Kier molecular flexibility index (Phi) is 7.57. The van der Waals surface area contributed by atoms with E-state index in [-0.39, 0.29) is 19.3 Å². The monoisotopic (exact) mass is 317 g/mol. The van der Waals surface area contributed by atoms with E-state index in [0.717, 1.165) is 32.5 Å². The number of hydrogen-bond donors (Lipinski definition) is 1. The minimum atomic E-state index is -0.547. The molecule has 1 saturated heterocycles. The van der Waals surface area contributed by atoms with Gasteiger partial charge in [-0.2, -0.15) is 0 Å². The number of rotatable bonds is 9. The number of aliphatic hydroxyl groups excluding tert-OH is 1. The molecule has 1 aliphatic rings. The molecule has 0 bridgehead atoms. The number of aliphatic hydroxyl groups is 1. The second-order valence-electron chi connectivity index (χ2n) is 6.13. The molecular weight excluding hydrogens is 290 g/mol. The number of ether oxygens (including phenoxy) is 2. The zero-order valence-electron chi connectivity index (χ0n) is 13.9. The van der Waals surface area contributed by atoms with Crippen LogP contribution in [0.4, 0.5) is 0 Å². The standard InChI is InChI=1S/C19H27NO3/c1-3-10-22-15-18(21)13-20(14-19-9-6-11-23-19)12-17-8-5-4-7-16(17)2/h1,4-5,7-8,18-19,21H,6,9-15H2,2H3. The van der Waals surface area contributed by atoms with Crippen LogP contribution in [0, 0.1) is 19.3 Å². The summed E-state index contributed by atoms with van der Waals surface area (Å²) < 4.78 is 11.0. The Balaban J connectivity index is 1.93. The number of aryl methyl sites for hydroxylation is 1. The largest absolute Gasteiger partial charge is 0.389 e. The Bertz CT molecular complexity index is 506. The topological polar surface area (TPSA) is 41.9 Å². The lowest BCUT2D eigenvalue weighted by atomic mass is 10.1. The van der Waals surface area contributed by atoms with E-state index in [1.807, 2.05) is 6.07 Å². The highest BCUT2D eigenvalue weighted by atomic mass is 16.5. The fourth-order valence-electron chi connectivity index (χ4n) is 2.91. The van der Waals surface area contributed by atoms with E-state index >= 15 is 0 Å². The van der Waals surface area contributed by atoms with Crippen molar-refractivity contribution in [2.45, 2.75) is 38.5 Å². The minimum absolute atomic E-state index is 0.237. The van der Waals surface area contributed by atoms with Crippen molar-refractivity contribution in [1.29, 1.82) is 0 Å². The van der Waals surface area contributed by atoms with Crippen molar-refractivity contribution in [3.05, 3.63) is 35.4 Å². The normalized spacial score (nSPS) is 19.0. The molecule has 0 radical (unpaired) electrons. The van der Waals surface area contributed by atoms with Gasteiger partial charge in [0.15, 0.2) is 0 Å². The summed E-state index contributed by atoms with van der Waals surface area (Å²) in [5.74, 6) is 2.42. The Morgan fingerprint density at radius 1 is 1.48 bits per heavy atom. The number of terminal acetylenes is 1. The van der Waals surface area contributed by atoms with Crippen molar-refractivity contribution in [3.63, 3.8) is 0 Å². The molecule has 0 saturated carbocycles. The highest BCUT2D eigenvalue weighted by Gasteiger charge is 2.21. The van der Waals surface area contributed by atoms with Crippen LogP contribution in [0.25, 0.3) is 0 Å². The molecular formula is C19H27NO3. The van der Waals surface area contributed by atoms with Crippen LogP contribution in [0.2, 0.25) is 0 Å². The Labute approximate surface area is 139 Å². The highest BCUT2D eigenvalue weighted by molar-refractivity contribution is 5.25. The SMILES string of the molecule is C#CCOCC(O)CN(Cc1ccccc1C)CC1CCCO1. The second-order valence-corrected chi connectivity index (χ2v) is 6.13. The van der Waals surface area contributed by atoms with Crippen molar-refractivity contribution in [3.8, 4) is 12.3 Å². The molecule has 0 aliphatic carbocycles. The highest BCUT2D eigenvalue weighted by Crippen LogP contribution is 2.17. The van der Waals surface area contributed by atoms with Crippen LogP contribution < -0.4 is 0 Å². The van der Waals surface area contributed by atoms with Crippen molar-refractivity contribution in [1.82, 2.24) is 4.90 Å². The molecule has 2 atom stereocenters. The zero-order valence-corrected chi connectivity index (χ0v) is 13.9. The van der Waals surface area contributed by atoms with Crippen molar-refractivity contribution in [2.75, 3.05) is 32.9 Å². The molecule has 2 unspecified atom stereocenters. The Hall–Kier alpha value is -1.38. The molecule has 1 heterocycles. The van der Waals surface area contributed by atoms with Crippen LogP contribution in [0.1, 0.15) is 24.0 Å². The Morgan fingerprint density at radius 3 is 3.00 bits per heavy atom. The lowest BCUT2D eigenvalue weighted by Crippen LogP contribution is -2.39. The van der Waals surface area contributed by atoms with Gasteiger partial charge in [-0.3, -0.25) is 4.90 Å². The van der Waals surface area contributed by atoms with Crippen molar-refractivity contribution >= 4 is 0 Å². The second kappa shape index (κ2) is 9.69. The number of benzene rings is 1. The summed E-state index contributed by atoms with van der Waals surface area (Å²) >= 11 is 0. The van der Waals surface area contributed by atoms with E-state index < -0.39 is 6.10 Å². The molecule has 4 nitrogen and oxygen atoms in total. The maximum absolute atomic E-state index is 10.2. The predicted octanol–water partition coefficient (Wildman–Crippen LogP) is 1.99. The van der Waals surface area contributed by atoms with Gasteiger partial charge in [-0.1, -0.05) is 30.2 Å². The third kappa shape index (κ3) is 6.32. The quantitative estimate of drug-likeness (QED) is 0.559. The summed E-state index contributed by atoms with van der Waals surface area (Å²) in [7, 11) is 0. The molecule has 1 fully saturated rings. The van der Waals surface area contributed by atoms with Crippen molar-refractivity contribution < 1.29 is 14.6 Å². The molecule has 0 amide bonds. The van der Waals surface area contributed by atoms with Gasteiger partial charge in [-0.05, 0) is 30.9 Å². The van der Waals surface area contributed by atoms with Gasteiger partial charge >= 0.3 is 0 Å². The first-order chi connectivity index (χ1) is 11.2. The van der Waals surface area contributed by atoms with E-state index in [1.165, 1.54) is 11.1 Å². The molecule has 4 heteroatoms. The van der Waals surface area contributed by atoms with Crippen LogP contribution in [-0.2, 0) is 16.0 Å².